The van der Waals surface area contributed by atoms with E-state index in [9.17, 15) is 4.79 Å². The van der Waals surface area contributed by atoms with Gasteiger partial charge in [0.05, 0.1) is 0 Å². The highest BCUT2D eigenvalue weighted by Gasteiger charge is 2.12. The van der Waals surface area contributed by atoms with E-state index < -0.39 is 0 Å². The summed E-state index contributed by atoms with van der Waals surface area (Å²) in [6.07, 6.45) is 4.41. The third-order valence-electron chi connectivity index (χ3n) is 3.29. The van der Waals surface area contributed by atoms with Crippen molar-refractivity contribution >= 4 is 5.78 Å². The molecule has 0 amide bonds. The predicted molar refractivity (Wildman–Crippen MR) is 67.3 cm³/mol. The first-order chi connectivity index (χ1) is 8.25. The molecule has 0 aromatic heterocycles. The van der Waals surface area contributed by atoms with Crippen LogP contribution in [0, 0.1) is 0 Å². The van der Waals surface area contributed by atoms with Crippen LogP contribution in [0.2, 0.25) is 0 Å². The highest BCUT2D eigenvalue weighted by Crippen LogP contribution is 2.13. The van der Waals surface area contributed by atoms with Crippen LogP contribution in [0.1, 0.15) is 36.0 Å². The van der Waals surface area contributed by atoms with Crippen LogP contribution >= 0.6 is 0 Å². The van der Waals surface area contributed by atoms with E-state index in [1.165, 1.54) is 19.3 Å². The second kappa shape index (κ2) is 5.82. The third kappa shape index (κ3) is 3.56. The molecule has 0 radical (unpaired) electrons. The first-order valence-electron chi connectivity index (χ1n) is 6.30. The molecule has 0 atom stereocenters. The number of phenols is 1. The smallest absolute Gasteiger partial charge is 0.164 e. The summed E-state index contributed by atoms with van der Waals surface area (Å²) in [4.78, 5) is 14.3. The fraction of sp³-hybridized carbons (Fsp3) is 0.500. The first-order valence-corrected chi connectivity index (χ1v) is 6.30. The van der Waals surface area contributed by atoms with E-state index in [-0.39, 0.29) is 11.5 Å². The minimum absolute atomic E-state index is 0.163. The van der Waals surface area contributed by atoms with Gasteiger partial charge in [0.1, 0.15) is 5.75 Å². The molecule has 1 fully saturated rings. The SMILES string of the molecule is O=C(CCN1CCCCC1)c1ccc(O)cc1. The molecule has 0 aliphatic carbocycles. The van der Waals surface area contributed by atoms with Crippen molar-refractivity contribution in [3.8, 4) is 5.75 Å². The van der Waals surface area contributed by atoms with Gasteiger partial charge >= 0.3 is 0 Å². The fourth-order valence-corrected chi connectivity index (χ4v) is 2.23. The van der Waals surface area contributed by atoms with Gasteiger partial charge in [-0.2, -0.15) is 0 Å². The van der Waals surface area contributed by atoms with E-state index in [4.69, 9.17) is 5.11 Å². The van der Waals surface area contributed by atoms with E-state index in [1.54, 1.807) is 24.3 Å². The molecule has 1 N–H and O–H groups in total. The summed E-state index contributed by atoms with van der Waals surface area (Å²) >= 11 is 0. The second-order valence-electron chi connectivity index (χ2n) is 4.62. The Bertz CT molecular complexity index is 366. The number of aromatic hydroxyl groups is 1. The highest BCUT2D eigenvalue weighted by atomic mass is 16.3. The van der Waals surface area contributed by atoms with Crippen LogP contribution in [0.3, 0.4) is 0 Å². The molecule has 92 valence electrons. The summed E-state index contributed by atoms with van der Waals surface area (Å²) < 4.78 is 0. The maximum Gasteiger partial charge on any atom is 0.164 e. The Kier molecular flexibility index (Phi) is 4.15. The zero-order valence-corrected chi connectivity index (χ0v) is 10.1. The number of piperidine rings is 1. The molecule has 1 aromatic rings. The number of likely N-dealkylation sites (tertiary alicyclic amines) is 1. The lowest BCUT2D eigenvalue weighted by Gasteiger charge is -2.25. The van der Waals surface area contributed by atoms with E-state index >= 15 is 0 Å². The lowest BCUT2D eigenvalue weighted by Crippen LogP contribution is -2.31. The molecule has 1 aromatic carbocycles. The lowest BCUT2D eigenvalue weighted by atomic mass is 10.1. The molecular weight excluding hydrogens is 214 g/mol. The Morgan fingerprint density at radius 1 is 1.12 bits per heavy atom. The summed E-state index contributed by atoms with van der Waals surface area (Å²) in [5.41, 5.74) is 0.694. The topological polar surface area (TPSA) is 40.5 Å². The Labute approximate surface area is 102 Å². The minimum atomic E-state index is 0.163. The molecule has 0 bridgehead atoms. The Morgan fingerprint density at radius 3 is 2.41 bits per heavy atom. The van der Waals surface area contributed by atoms with Crippen molar-refractivity contribution in [3.63, 3.8) is 0 Å². The van der Waals surface area contributed by atoms with Crippen molar-refractivity contribution in [1.29, 1.82) is 0 Å². The van der Waals surface area contributed by atoms with Gasteiger partial charge in [-0.1, -0.05) is 6.42 Å². The van der Waals surface area contributed by atoms with Crippen molar-refractivity contribution in [3.05, 3.63) is 29.8 Å². The zero-order chi connectivity index (χ0) is 12.1. The summed E-state index contributed by atoms with van der Waals surface area (Å²) in [5, 5.41) is 9.15. The summed E-state index contributed by atoms with van der Waals surface area (Å²) in [6, 6.07) is 6.50. The van der Waals surface area contributed by atoms with Crippen molar-refractivity contribution in [1.82, 2.24) is 4.90 Å². The molecule has 3 nitrogen and oxygen atoms in total. The van der Waals surface area contributed by atoms with Crippen molar-refractivity contribution < 1.29 is 9.90 Å². The Hall–Kier alpha value is -1.35. The molecule has 1 heterocycles. The molecule has 1 saturated heterocycles. The number of carbonyl (C=O) groups is 1. The van der Waals surface area contributed by atoms with Crippen molar-refractivity contribution in [2.75, 3.05) is 19.6 Å². The molecule has 0 saturated carbocycles. The van der Waals surface area contributed by atoms with Crippen LogP contribution in [-0.2, 0) is 0 Å². The molecular formula is C14H19NO2. The van der Waals surface area contributed by atoms with Gasteiger partial charge in [-0.15, -0.1) is 0 Å². The van der Waals surface area contributed by atoms with Gasteiger partial charge in [-0.05, 0) is 50.2 Å². The first kappa shape index (κ1) is 12.1. The minimum Gasteiger partial charge on any atom is -0.508 e. The van der Waals surface area contributed by atoms with Crippen LogP contribution in [0.5, 0.6) is 5.75 Å². The van der Waals surface area contributed by atoms with Gasteiger partial charge in [0.25, 0.3) is 0 Å². The number of Topliss-reactive ketones (excluding diaryl/α,β-unsaturated/α-hetero) is 1. The van der Waals surface area contributed by atoms with Gasteiger partial charge in [0.15, 0.2) is 5.78 Å². The molecule has 0 spiro atoms. The van der Waals surface area contributed by atoms with E-state index in [2.05, 4.69) is 4.90 Å². The number of benzene rings is 1. The lowest BCUT2D eigenvalue weighted by molar-refractivity contribution is 0.0958. The van der Waals surface area contributed by atoms with Crippen LogP contribution in [0.25, 0.3) is 0 Å². The molecule has 2 rings (SSSR count). The number of hydrogen-bond donors (Lipinski definition) is 1. The third-order valence-corrected chi connectivity index (χ3v) is 3.29. The molecule has 17 heavy (non-hydrogen) atoms. The number of carbonyl (C=O) groups excluding carboxylic acids is 1. The van der Waals surface area contributed by atoms with Gasteiger partial charge in [-0.3, -0.25) is 4.79 Å². The van der Waals surface area contributed by atoms with E-state index in [0.29, 0.717) is 12.0 Å². The number of nitrogens with zero attached hydrogens (tertiary/aromatic N) is 1. The molecule has 1 aliphatic heterocycles. The molecule has 1 aliphatic rings. The Balaban J connectivity index is 1.82. The standard InChI is InChI=1S/C14H19NO2/c16-13-6-4-12(5-7-13)14(17)8-11-15-9-2-1-3-10-15/h4-7,16H,1-3,8-11H2. The predicted octanol–water partition coefficient (Wildman–Crippen LogP) is 2.45. The van der Waals surface area contributed by atoms with E-state index in [0.717, 1.165) is 19.6 Å². The zero-order valence-electron chi connectivity index (χ0n) is 10.1. The highest BCUT2D eigenvalue weighted by molar-refractivity contribution is 5.96. The average Bonchev–Trinajstić information content (AvgIpc) is 2.38. The number of hydrogen-bond acceptors (Lipinski definition) is 3. The van der Waals surface area contributed by atoms with Gasteiger partial charge < -0.3 is 10.0 Å². The average molecular weight is 233 g/mol. The maximum atomic E-state index is 11.9. The normalized spacial score (nSPS) is 16.9. The van der Waals surface area contributed by atoms with Crippen LogP contribution < -0.4 is 0 Å². The number of phenolic OH excluding ortho intramolecular Hbond substituents is 1. The number of rotatable bonds is 4. The van der Waals surface area contributed by atoms with Gasteiger partial charge in [0, 0.05) is 18.5 Å². The monoisotopic (exact) mass is 233 g/mol. The Morgan fingerprint density at radius 2 is 1.76 bits per heavy atom. The molecule has 3 heteroatoms. The quantitative estimate of drug-likeness (QED) is 0.812. The second-order valence-corrected chi connectivity index (χ2v) is 4.62. The summed E-state index contributed by atoms with van der Waals surface area (Å²) in [5.74, 6) is 0.369. The van der Waals surface area contributed by atoms with Crippen LogP contribution in [0.15, 0.2) is 24.3 Å². The summed E-state index contributed by atoms with van der Waals surface area (Å²) in [6.45, 7) is 3.12. The van der Waals surface area contributed by atoms with Crippen molar-refractivity contribution in [2.45, 2.75) is 25.7 Å². The van der Waals surface area contributed by atoms with Crippen LogP contribution in [-0.4, -0.2) is 35.4 Å². The largest absolute Gasteiger partial charge is 0.508 e. The fourth-order valence-electron chi connectivity index (χ4n) is 2.23. The molecule has 0 unspecified atom stereocenters. The van der Waals surface area contributed by atoms with Crippen molar-refractivity contribution in [2.24, 2.45) is 0 Å². The van der Waals surface area contributed by atoms with Crippen LogP contribution in [0.4, 0.5) is 0 Å². The van der Waals surface area contributed by atoms with Gasteiger partial charge in [-0.25, -0.2) is 0 Å². The maximum absolute atomic E-state index is 11.9. The summed E-state index contributed by atoms with van der Waals surface area (Å²) in [7, 11) is 0. The van der Waals surface area contributed by atoms with Gasteiger partial charge in [0.2, 0.25) is 0 Å². The number of ketones is 1. The van der Waals surface area contributed by atoms with E-state index in [1.807, 2.05) is 0 Å².